The highest BCUT2D eigenvalue weighted by molar-refractivity contribution is 5.27. The Morgan fingerprint density at radius 3 is 2.47 bits per heavy atom. The first kappa shape index (κ1) is 10.5. The second-order valence-corrected chi connectivity index (χ2v) is 4.18. The van der Waals surface area contributed by atoms with Crippen molar-refractivity contribution in [3.8, 4) is 5.75 Å². The number of aryl methyl sites for hydroxylation is 1. The Hall–Kier alpha value is -1.06. The van der Waals surface area contributed by atoms with Crippen LogP contribution in [0.15, 0.2) is 24.3 Å². The van der Waals surface area contributed by atoms with Gasteiger partial charge in [-0.25, -0.2) is 0 Å². The number of benzene rings is 1. The Balaban J connectivity index is 1.87. The van der Waals surface area contributed by atoms with Gasteiger partial charge in [0.1, 0.15) is 5.75 Å². The average molecular weight is 207 g/mol. The quantitative estimate of drug-likeness (QED) is 0.772. The van der Waals surface area contributed by atoms with Crippen LogP contribution in [-0.2, 0) is 6.42 Å². The van der Waals surface area contributed by atoms with Gasteiger partial charge >= 0.3 is 0 Å². The molecule has 1 fully saturated rings. The average Bonchev–Trinajstić information content (AvgIpc) is 2.24. The first-order valence-electron chi connectivity index (χ1n) is 5.28. The van der Waals surface area contributed by atoms with Crippen molar-refractivity contribution in [2.45, 2.75) is 18.4 Å². The molecule has 82 valence electrons. The van der Waals surface area contributed by atoms with Crippen molar-refractivity contribution < 1.29 is 9.84 Å². The van der Waals surface area contributed by atoms with Gasteiger partial charge < -0.3 is 15.2 Å². The van der Waals surface area contributed by atoms with Gasteiger partial charge in [-0.3, -0.25) is 0 Å². The predicted octanol–water partition coefficient (Wildman–Crippen LogP) is 0.962. The summed E-state index contributed by atoms with van der Waals surface area (Å²) in [6, 6.07) is 8.01. The Morgan fingerprint density at radius 2 is 2.00 bits per heavy atom. The van der Waals surface area contributed by atoms with Crippen molar-refractivity contribution >= 4 is 0 Å². The van der Waals surface area contributed by atoms with Crippen LogP contribution < -0.4 is 10.1 Å². The molecule has 1 aliphatic rings. The van der Waals surface area contributed by atoms with Gasteiger partial charge in [-0.15, -0.1) is 0 Å². The van der Waals surface area contributed by atoms with E-state index < -0.39 is 5.60 Å². The Bertz CT molecular complexity index is 317. The maximum Gasteiger partial charge on any atom is 0.118 e. The highest BCUT2D eigenvalue weighted by atomic mass is 16.5. The number of methoxy groups -OCH3 is 1. The van der Waals surface area contributed by atoms with E-state index in [-0.39, 0.29) is 0 Å². The lowest BCUT2D eigenvalue weighted by Crippen LogP contribution is -2.59. The number of nitrogens with one attached hydrogen (secondary N) is 1. The minimum Gasteiger partial charge on any atom is -0.497 e. The van der Waals surface area contributed by atoms with Crippen LogP contribution in [0, 0.1) is 0 Å². The maximum absolute atomic E-state index is 9.88. The molecule has 0 saturated carbocycles. The molecule has 0 atom stereocenters. The minimum absolute atomic E-state index is 0.472. The van der Waals surface area contributed by atoms with Gasteiger partial charge in [0.25, 0.3) is 0 Å². The summed E-state index contributed by atoms with van der Waals surface area (Å²) in [6.45, 7) is 1.45. The second kappa shape index (κ2) is 4.21. The number of ether oxygens (including phenoxy) is 1. The molecule has 0 aliphatic carbocycles. The lowest BCUT2D eigenvalue weighted by Gasteiger charge is -2.37. The van der Waals surface area contributed by atoms with Crippen LogP contribution in [0.1, 0.15) is 12.0 Å². The van der Waals surface area contributed by atoms with Crippen LogP contribution in [0.25, 0.3) is 0 Å². The topological polar surface area (TPSA) is 41.5 Å². The zero-order valence-corrected chi connectivity index (χ0v) is 8.99. The van der Waals surface area contributed by atoms with Gasteiger partial charge in [0.2, 0.25) is 0 Å². The molecule has 0 bridgehead atoms. The summed E-state index contributed by atoms with van der Waals surface area (Å²) >= 11 is 0. The number of aliphatic hydroxyl groups is 1. The summed E-state index contributed by atoms with van der Waals surface area (Å²) < 4.78 is 5.09. The highest BCUT2D eigenvalue weighted by Crippen LogP contribution is 2.19. The summed E-state index contributed by atoms with van der Waals surface area (Å²) in [6.07, 6.45) is 1.74. The fraction of sp³-hybridized carbons (Fsp3) is 0.500. The van der Waals surface area contributed by atoms with Crippen molar-refractivity contribution in [3.63, 3.8) is 0 Å². The SMILES string of the molecule is COc1ccc(CCC2(O)CNC2)cc1. The molecule has 2 rings (SSSR count). The molecule has 1 saturated heterocycles. The summed E-state index contributed by atoms with van der Waals surface area (Å²) in [5.41, 5.74) is 0.774. The molecule has 15 heavy (non-hydrogen) atoms. The van der Waals surface area contributed by atoms with E-state index in [1.54, 1.807) is 7.11 Å². The standard InChI is InChI=1S/C12H17NO2/c1-15-11-4-2-10(3-5-11)6-7-12(14)8-13-9-12/h2-5,13-14H,6-9H2,1H3. The van der Waals surface area contributed by atoms with Crippen molar-refractivity contribution in [1.29, 1.82) is 0 Å². The molecule has 3 nitrogen and oxygen atoms in total. The van der Waals surface area contributed by atoms with E-state index in [1.165, 1.54) is 5.56 Å². The molecule has 2 N–H and O–H groups in total. The van der Waals surface area contributed by atoms with Gasteiger partial charge in [-0.2, -0.15) is 0 Å². The van der Waals surface area contributed by atoms with E-state index in [2.05, 4.69) is 5.32 Å². The number of hydrogen-bond acceptors (Lipinski definition) is 3. The van der Waals surface area contributed by atoms with Crippen molar-refractivity contribution in [2.24, 2.45) is 0 Å². The Labute approximate surface area is 90.1 Å². The Morgan fingerprint density at radius 1 is 1.33 bits per heavy atom. The molecule has 0 unspecified atom stereocenters. The number of rotatable bonds is 4. The monoisotopic (exact) mass is 207 g/mol. The number of hydrogen-bond donors (Lipinski definition) is 2. The first-order valence-corrected chi connectivity index (χ1v) is 5.28. The van der Waals surface area contributed by atoms with Gasteiger partial charge in [0, 0.05) is 13.1 Å². The zero-order chi connectivity index (χ0) is 10.7. The van der Waals surface area contributed by atoms with Crippen LogP contribution in [0.3, 0.4) is 0 Å². The van der Waals surface area contributed by atoms with E-state index in [9.17, 15) is 5.11 Å². The molecule has 1 aromatic rings. The normalized spacial score (nSPS) is 18.3. The summed E-state index contributed by atoms with van der Waals surface area (Å²) in [5, 5.41) is 13.0. The van der Waals surface area contributed by atoms with Crippen LogP contribution in [0.4, 0.5) is 0 Å². The van der Waals surface area contributed by atoms with Crippen LogP contribution >= 0.6 is 0 Å². The van der Waals surface area contributed by atoms with Crippen LogP contribution in [0.2, 0.25) is 0 Å². The van der Waals surface area contributed by atoms with E-state index in [0.29, 0.717) is 0 Å². The molecule has 1 heterocycles. The molecular weight excluding hydrogens is 190 g/mol. The van der Waals surface area contributed by atoms with Crippen molar-refractivity contribution in [2.75, 3.05) is 20.2 Å². The third-order valence-electron chi connectivity index (χ3n) is 2.95. The largest absolute Gasteiger partial charge is 0.497 e. The molecule has 0 spiro atoms. The zero-order valence-electron chi connectivity index (χ0n) is 8.99. The van der Waals surface area contributed by atoms with Gasteiger partial charge in [-0.05, 0) is 30.5 Å². The molecule has 1 aliphatic heterocycles. The van der Waals surface area contributed by atoms with Gasteiger partial charge in [0.05, 0.1) is 12.7 Å². The predicted molar refractivity (Wildman–Crippen MR) is 59.1 cm³/mol. The minimum atomic E-state index is -0.472. The second-order valence-electron chi connectivity index (χ2n) is 4.18. The maximum atomic E-state index is 9.88. The Kier molecular flexibility index (Phi) is 2.93. The molecular formula is C12H17NO2. The van der Waals surface area contributed by atoms with Crippen molar-refractivity contribution in [3.05, 3.63) is 29.8 Å². The fourth-order valence-corrected chi connectivity index (χ4v) is 1.76. The molecule has 0 aromatic heterocycles. The summed E-state index contributed by atoms with van der Waals surface area (Å²) in [4.78, 5) is 0. The van der Waals surface area contributed by atoms with Gasteiger partial charge in [0.15, 0.2) is 0 Å². The molecule has 1 aromatic carbocycles. The number of β-amino-alcohol motifs (C(OH)–C–C–N with tert-alkyl or cyclic N) is 1. The summed E-state index contributed by atoms with van der Waals surface area (Å²) in [5.74, 6) is 0.878. The smallest absolute Gasteiger partial charge is 0.118 e. The molecule has 0 amide bonds. The lowest BCUT2D eigenvalue weighted by molar-refractivity contribution is -0.0167. The molecule has 0 radical (unpaired) electrons. The van der Waals surface area contributed by atoms with E-state index in [4.69, 9.17) is 4.74 Å². The lowest BCUT2D eigenvalue weighted by atomic mass is 9.90. The van der Waals surface area contributed by atoms with Crippen molar-refractivity contribution in [1.82, 2.24) is 5.32 Å². The summed E-state index contributed by atoms with van der Waals surface area (Å²) in [7, 11) is 1.66. The third kappa shape index (κ3) is 2.49. The highest BCUT2D eigenvalue weighted by Gasteiger charge is 2.33. The fourth-order valence-electron chi connectivity index (χ4n) is 1.76. The van der Waals surface area contributed by atoms with Gasteiger partial charge in [-0.1, -0.05) is 12.1 Å². The molecule has 3 heteroatoms. The first-order chi connectivity index (χ1) is 7.22. The van der Waals surface area contributed by atoms with Crippen LogP contribution in [0.5, 0.6) is 5.75 Å². The van der Waals surface area contributed by atoms with E-state index >= 15 is 0 Å². The van der Waals surface area contributed by atoms with E-state index in [1.807, 2.05) is 24.3 Å². The van der Waals surface area contributed by atoms with Crippen LogP contribution in [-0.4, -0.2) is 30.9 Å². The van der Waals surface area contributed by atoms with E-state index in [0.717, 1.165) is 31.7 Å². The third-order valence-corrected chi connectivity index (χ3v) is 2.95.